The molecule has 0 aliphatic carbocycles. The number of ether oxygens (including phenoxy) is 1. The summed E-state index contributed by atoms with van der Waals surface area (Å²) in [7, 11) is 0. The summed E-state index contributed by atoms with van der Waals surface area (Å²) in [5, 5.41) is 1.72. The molecule has 0 atom stereocenters. The Hall–Kier alpha value is -1.20. The zero-order valence-corrected chi connectivity index (χ0v) is 10.3. The molecule has 0 saturated carbocycles. The standard InChI is InChI=1S/C11H6BrFO2S/c12-10-3-7(13)1-2-11(10)15-8-4-9(5-14)16-6-8/h1-6H. The Kier molecular flexibility index (Phi) is 3.36. The van der Waals surface area contributed by atoms with Gasteiger partial charge in [-0.3, -0.25) is 4.79 Å². The second-order valence-electron chi connectivity index (χ2n) is 2.98. The summed E-state index contributed by atoms with van der Waals surface area (Å²) in [6.07, 6.45) is 0.761. The lowest BCUT2D eigenvalue weighted by Gasteiger charge is -2.05. The van der Waals surface area contributed by atoms with E-state index in [9.17, 15) is 9.18 Å². The van der Waals surface area contributed by atoms with E-state index in [-0.39, 0.29) is 5.82 Å². The molecule has 1 aromatic heterocycles. The van der Waals surface area contributed by atoms with Gasteiger partial charge in [-0.2, -0.15) is 0 Å². The third-order valence-electron chi connectivity index (χ3n) is 1.83. The van der Waals surface area contributed by atoms with Crippen LogP contribution in [0.2, 0.25) is 0 Å². The summed E-state index contributed by atoms with van der Waals surface area (Å²) in [6.45, 7) is 0. The van der Waals surface area contributed by atoms with E-state index in [0.717, 1.165) is 6.29 Å². The number of aldehydes is 1. The zero-order chi connectivity index (χ0) is 11.5. The van der Waals surface area contributed by atoms with Crippen LogP contribution in [0.4, 0.5) is 4.39 Å². The van der Waals surface area contributed by atoms with Crippen molar-refractivity contribution in [1.82, 2.24) is 0 Å². The number of carbonyl (C=O) groups excluding carboxylic acids is 1. The molecule has 0 fully saturated rings. The van der Waals surface area contributed by atoms with Crippen LogP contribution in [0, 0.1) is 5.82 Å². The van der Waals surface area contributed by atoms with Gasteiger partial charge >= 0.3 is 0 Å². The van der Waals surface area contributed by atoms with Crippen molar-refractivity contribution in [1.29, 1.82) is 0 Å². The number of thiophene rings is 1. The maximum Gasteiger partial charge on any atom is 0.160 e. The molecule has 0 saturated heterocycles. The van der Waals surface area contributed by atoms with E-state index in [1.807, 2.05) is 0 Å². The van der Waals surface area contributed by atoms with Crippen LogP contribution in [0.25, 0.3) is 0 Å². The lowest BCUT2D eigenvalue weighted by molar-refractivity contribution is 0.112. The Morgan fingerprint density at radius 1 is 1.38 bits per heavy atom. The molecule has 0 N–H and O–H groups in total. The Bertz CT molecular complexity index is 524. The van der Waals surface area contributed by atoms with E-state index in [2.05, 4.69) is 15.9 Å². The van der Waals surface area contributed by atoms with Crippen LogP contribution in [0.1, 0.15) is 9.67 Å². The first-order chi connectivity index (χ1) is 7.69. The van der Waals surface area contributed by atoms with E-state index in [1.54, 1.807) is 11.4 Å². The zero-order valence-electron chi connectivity index (χ0n) is 7.94. The van der Waals surface area contributed by atoms with Crippen molar-refractivity contribution in [2.45, 2.75) is 0 Å². The third-order valence-corrected chi connectivity index (χ3v) is 3.29. The molecule has 1 aromatic carbocycles. The summed E-state index contributed by atoms with van der Waals surface area (Å²) in [4.78, 5) is 11.1. The van der Waals surface area contributed by atoms with E-state index in [4.69, 9.17) is 4.74 Å². The van der Waals surface area contributed by atoms with Crippen LogP contribution in [0.15, 0.2) is 34.1 Å². The minimum Gasteiger partial charge on any atom is -0.455 e. The molecule has 2 aromatic rings. The molecule has 0 aliphatic rings. The fourth-order valence-electron chi connectivity index (χ4n) is 1.13. The molecule has 16 heavy (non-hydrogen) atoms. The highest BCUT2D eigenvalue weighted by molar-refractivity contribution is 9.10. The first kappa shape index (κ1) is 11.3. The van der Waals surface area contributed by atoms with Crippen molar-refractivity contribution in [3.05, 3.63) is 44.8 Å². The second kappa shape index (κ2) is 4.76. The van der Waals surface area contributed by atoms with Gasteiger partial charge in [-0.25, -0.2) is 4.39 Å². The molecule has 0 aliphatic heterocycles. The molecule has 0 amide bonds. The summed E-state index contributed by atoms with van der Waals surface area (Å²) in [5.41, 5.74) is 0. The van der Waals surface area contributed by atoms with Gasteiger partial charge in [0.15, 0.2) is 6.29 Å². The largest absolute Gasteiger partial charge is 0.455 e. The highest BCUT2D eigenvalue weighted by Crippen LogP contribution is 2.32. The highest BCUT2D eigenvalue weighted by Gasteiger charge is 2.05. The van der Waals surface area contributed by atoms with Crippen LogP contribution in [0.3, 0.4) is 0 Å². The molecule has 5 heteroatoms. The van der Waals surface area contributed by atoms with Gasteiger partial charge in [0.25, 0.3) is 0 Å². The number of benzene rings is 1. The van der Waals surface area contributed by atoms with E-state index >= 15 is 0 Å². The Morgan fingerprint density at radius 3 is 2.81 bits per heavy atom. The van der Waals surface area contributed by atoms with Gasteiger partial charge in [-0.05, 0) is 34.1 Å². The first-order valence-corrected chi connectivity index (χ1v) is 6.03. The Balaban J connectivity index is 2.23. The van der Waals surface area contributed by atoms with Crippen molar-refractivity contribution in [3.8, 4) is 11.5 Å². The fourth-order valence-corrected chi connectivity index (χ4v) is 2.17. The predicted molar refractivity (Wildman–Crippen MR) is 63.9 cm³/mol. The molecule has 1 heterocycles. The van der Waals surface area contributed by atoms with Crippen molar-refractivity contribution >= 4 is 33.6 Å². The minimum atomic E-state index is -0.335. The predicted octanol–water partition coefficient (Wildman–Crippen LogP) is 4.25. The average Bonchev–Trinajstić information content (AvgIpc) is 2.70. The van der Waals surface area contributed by atoms with Crippen molar-refractivity contribution in [2.75, 3.05) is 0 Å². The quantitative estimate of drug-likeness (QED) is 0.792. The SMILES string of the molecule is O=Cc1cc(Oc2ccc(F)cc2Br)cs1. The lowest BCUT2D eigenvalue weighted by atomic mass is 10.3. The average molecular weight is 301 g/mol. The number of hydrogen-bond acceptors (Lipinski definition) is 3. The first-order valence-electron chi connectivity index (χ1n) is 4.35. The molecule has 2 nitrogen and oxygen atoms in total. The van der Waals surface area contributed by atoms with Gasteiger partial charge in [0, 0.05) is 11.4 Å². The molecular formula is C11H6BrFO2S. The summed E-state index contributed by atoms with van der Waals surface area (Å²) < 4.78 is 18.8. The number of halogens is 2. The molecule has 0 spiro atoms. The number of carbonyl (C=O) groups is 1. The van der Waals surface area contributed by atoms with E-state index in [0.29, 0.717) is 20.8 Å². The van der Waals surface area contributed by atoms with Gasteiger partial charge < -0.3 is 4.74 Å². The van der Waals surface area contributed by atoms with Crippen molar-refractivity contribution in [2.24, 2.45) is 0 Å². The van der Waals surface area contributed by atoms with E-state index < -0.39 is 0 Å². The molecule has 0 unspecified atom stereocenters. The van der Waals surface area contributed by atoms with Gasteiger partial charge in [0.1, 0.15) is 17.3 Å². The maximum absolute atomic E-state index is 12.8. The van der Waals surface area contributed by atoms with Crippen molar-refractivity contribution in [3.63, 3.8) is 0 Å². The fraction of sp³-hybridized carbons (Fsp3) is 0. The molecule has 0 radical (unpaired) electrons. The third kappa shape index (κ3) is 2.48. The monoisotopic (exact) mass is 300 g/mol. The summed E-state index contributed by atoms with van der Waals surface area (Å²) >= 11 is 4.49. The van der Waals surface area contributed by atoms with Crippen molar-refractivity contribution < 1.29 is 13.9 Å². The minimum absolute atomic E-state index is 0.335. The normalized spacial score (nSPS) is 10.1. The molecular weight excluding hydrogens is 295 g/mol. The second-order valence-corrected chi connectivity index (χ2v) is 4.78. The van der Waals surface area contributed by atoms with Crippen LogP contribution in [-0.2, 0) is 0 Å². The highest BCUT2D eigenvalue weighted by atomic mass is 79.9. The number of rotatable bonds is 3. The smallest absolute Gasteiger partial charge is 0.160 e. The molecule has 2 rings (SSSR count). The van der Waals surface area contributed by atoms with Crippen LogP contribution >= 0.6 is 27.3 Å². The Labute approximate surface area is 104 Å². The van der Waals surface area contributed by atoms with Crippen LogP contribution < -0.4 is 4.74 Å². The molecule has 0 bridgehead atoms. The Morgan fingerprint density at radius 2 is 2.19 bits per heavy atom. The maximum atomic E-state index is 12.8. The van der Waals surface area contributed by atoms with E-state index in [1.165, 1.54) is 29.5 Å². The lowest BCUT2D eigenvalue weighted by Crippen LogP contribution is -1.84. The van der Waals surface area contributed by atoms with Gasteiger partial charge in [-0.15, -0.1) is 11.3 Å². The van der Waals surface area contributed by atoms with Gasteiger partial charge in [-0.1, -0.05) is 0 Å². The van der Waals surface area contributed by atoms with Crippen LogP contribution in [-0.4, -0.2) is 6.29 Å². The summed E-state index contributed by atoms with van der Waals surface area (Å²) in [5.74, 6) is 0.745. The molecule has 82 valence electrons. The number of hydrogen-bond donors (Lipinski definition) is 0. The summed E-state index contributed by atoms with van der Waals surface area (Å²) in [6, 6.07) is 5.79. The van der Waals surface area contributed by atoms with Gasteiger partial charge in [0.2, 0.25) is 0 Å². The topological polar surface area (TPSA) is 26.3 Å². The van der Waals surface area contributed by atoms with Gasteiger partial charge in [0.05, 0.1) is 9.35 Å². The van der Waals surface area contributed by atoms with Crippen LogP contribution in [0.5, 0.6) is 11.5 Å².